The van der Waals surface area contributed by atoms with Crippen LogP contribution in [-0.2, 0) is 4.79 Å². The van der Waals surface area contributed by atoms with Crippen LogP contribution in [0.2, 0.25) is 0 Å². The lowest BCUT2D eigenvalue weighted by atomic mass is 9.95. The van der Waals surface area contributed by atoms with Crippen LogP contribution in [0, 0.1) is 5.92 Å². The first-order chi connectivity index (χ1) is 10.1. The third-order valence-electron chi connectivity index (χ3n) is 3.90. The fourth-order valence-electron chi connectivity index (χ4n) is 2.61. The molecule has 1 N–H and O–H groups in total. The van der Waals surface area contributed by atoms with E-state index in [0.717, 1.165) is 31.5 Å². The maximum absolute atomic E-state index is 12.4. The Kier molecular flexibility index (Phi) is 5.37. The molecule has 0 aromatic heterocycles. The molecule has 1 aliphatic heterocycles. The first-order valence-corrected chi connectivity index (χ1v) is 7.73. The average molecular weight is 288 g/mol. The lowest BCUT2D eigenvalue weighted by molar-refractivity contribution is -0.123. The summed E-state index contributed by atoms with van der Waals surface area (Å²) in [7, 11) is 0. The number of urea groups is 1. The van der Waals surface area contributed by atoms with Crippen LogP contribution in [0.15, 0.2) is 30.3 Å². The number of rotatable bonds is 4. The van der Waals surface area contributed by atoms with Crippen molar-refractivity contribution in [1.82, 2.24) is 10.2 Å². The number of piperidine rings is 1. The van der Waals surface area contributed by atoms with Crippen molar-refractivity contribution in [2.45, 2.75) is 39.2 Å². The molecule has 0 unspecified atom stereocenters. The Balaban J connectivity index is 2.12. The Labute approximate surface area is 126 Å². The van der Waals surface area contributed by atoms with Gasteiger partial charge in [-0.15, -0.1) is 0 Å². The van der Waals surface area contributed by atoms with E-state index in [1.165, 1.54) is 6.42 Å². The van der Waals surface area contributed by atoms with E-state index < -0.39 is 6.04 Å². The summed E-state index contributed by atoms with van der Waals surface area (Å²) in [6.07, 6.45) is 3.26. The van der Waals surface area contributed by atoms with Crippen LogP contribution < -0.4 is 5.32 Å². The van der Waals surface area contributed by atoms with E-state index in [2.05, 4.69) is 5.32 Å². The second-order valence-electron chi connectivity index (χ2n) is 5.90. The fraction of sp³-hybridized carbons (Fsp3) is 0.529. The molecular weight excluding hydrogens is 264 g/mol. The van der Waals surface area contributed by atoms with Crippen molar-refractivity contribution in [2.75, 3.05) is 13.1 Å². The number of nitrogens with zero attached hydrogens (tertiary/aromatic N) is 1. The number of carbonyl (C=O) groups is 2. The minimum Gasteiger partial charge on any atom is -0.325 e. The van der Waals surface area contributed by atoms with E-state index in [4.69, 9.17) is 0 Å². The molecule has 1 heterocycles. The average Bonchev–Trinajstić information content (AvgIpc) is 2.53. The summed E-state index contributed by atoms with van der Waals surface area (Å²) >= 11 is 0. The summed E-state index contributed by atoms with van der Waals surface area (Å²) in [5.74, 6) is -0.0663. The Morgan fingerprint density at radius 1 is 1.05 bits per heavy atom. The van der Waals surface area contributed by atoms with E-state index in [1.54, 1.807) is 0 Å². The van der Waals surface area contributed by atoms with Crippen molar-refractivity contribution in [3.63, 3.8) is 0 Å². The number of Topliss-reactive ketones (excluding diaryl/α,β-unsaturated/α-hetero) is 1. The van der Waals surface area contributed by atoms with Gasteiger partial charge in [-0.05, 0) is 24.8 Å². The minimum absolute atomic E-state index is 0.0477. The first-order valence-electron chi connectivity index (χ1n) is 7.73. The van der Waals surface area contributed by atoms with Crippen molar-refractivity contribution in [3.8, 4) is 0 Å². The zero-order chi connectivity index (χ0) is 15.2. The Hall–Kier alpha value is -1.84. The van der Waals surface area contributed by atoms with Crippen molar-refractivity contribution in [2.24, 2.45) is 5.92 Å². The molecule has 1 saturated heterocycles. The number of hydrogen-bond donors (Lipinski definition) is 1. The van der Waals surface area contributed by atoms with Gasteiger partial charge in [0.05, 0.1) is 0 Å². The number of amides is 2. The molecule has 1 aliphatic rings. The molecule has 0 aliphatic carbocycles. The van der Waals surface area contributed by atoms with E-state index in [-0.39, 0.29) is 17.7 Å². The molecule has 1 atom stereocenters. The van der Waals surface area contributed by atoms with E-state index in [1.807, 2.05) is 49.1 Å². The zero-order valence-corrected chi connectivity index (χ0v) is 12.8. The van der Waals surface area contributed by atoms with Gasteiger partial charge in [-0.3, -0.25) is 4.79 Å². The summed E-state index contributed by atoms with van der Waals surface area (Å²) < 4.78 is 0. The van der Waals surface area contributed by atoms with Gasteiger partial charge >= 0.3 is 6.03 Å². The van der Waals surface area contributed by atoms with Gasteiger partial charge in [0.2, 0.25) is 0 Å². The normalized spacial score (nSPS) is 16.6. The predicted molar refractivity (Wildman–Crippen MR) is 83.0 cm³/mol. The van der Waals surface area contributed by atoms with Crippen molar-refractivity contribution in [3.05, 3.63) is 35.9 Å². The Morgan fingerprint density at radius 3 is 2.24 bits per heavy atom. The summed E-state index contributed by atoms with van der Waals surface area (Å²) in [6.45, 7) is 5.29. The van der Waals surface area contributed by atoms with Crippen molar-refractivity contribution in [1.29, 1.82) is 0 Å². The smallest absolute Gasteiger partial charge is 0.318 e. The Bertz CT molecular complexity index is 479. The molecule has 0 saturated carbocycles. The molecule has 2 amide bonds. The van der Waals surface area contributed by atoms with Crippen molar-refractivity contribution < 1.29 is 9.59 Å². The highest BCUT2D eigenvalue weighted by atomic mass is 16.2. The van der Waals surface area contributed by atoms with Crippen LogP contribution in [0.1, 0.15) is 44.7 Å². The van der Waals surface area contributed by atoms with Crippen LogP contribution >= 0.6 is 0 Å². The first kappa shape index (κ1) is 15.5. The van der Waals surface area contributed by atoms with Gasteiger partial charge in [0.15, 0.2) is 5.78 Å². The van der Waals surface area contributed by atoms with E-state index in [0.29, 0.717) is 0 Å². The second kappa shape index (κ2) is 7.25. The summed E-state index contributed by atoms with van der Waals surface area (Å²) in [5.41, 5.74) is 0.849. The third kappa shape index (κ3) is 4.06. The van der Waals surface area contributed by atoms with Crippen LogP contribution in [0.5, 0.6) is 0 Å². The number of benzene rings is 1. The van der Waals surface area contributed by atoms with E-state index >= 15 is 0 Å². The van der Waals surface area contributed by atoms with Crippen molar-refractivity contribution >= 4 is 11.8 Å². The minimum atomic E-state index is -0.555. The molecule has 21 heavy (non-hydrogen) atoms. The standard InChI is InChI=1S/C17H24N2O2/c1-13(2)16(20)15(14-9-5-3-6-10-14)18-17(21)19-11-7-4-8-12-19/h3,5-6,9-10,13,15H,4,7-8,11-12H2,1-2H3,(H,18,21)/t15-/m1/s1. The molecule has 0 radical (unpaired) electrons. The molecule has 2 rings (SSSR count). The van der Waals surface area contributed by atoms with Gasteiger partial charge in [0.1, 0.15) is 6.04 Å². The molecular formula is C17H24N2O2. The lowest BCUT2D eigenvalue weighted by Gasteiger charge is -2.29. The summed E-state index contributed by atoms with van der Waals surface area (Å²) in [4.78, 5) is 26.6. The van der Waals surface area contributed by atoms with Crippen LogP contribution in [0.3, 0.4) is 0 Å². The summed E-state index contributed by atoms with van der Waals surface area (Å²) in [5, 5.41) is 2.92. The molecule has 4 heteroatoms. The third-order valence-corrected chi connectivity index (χ3v) is 3.90. The van der Waals surface area contributed by atoms with Gasteiger partial charge in [-0.1, -0.05) is 44.2 Å². The summed E-state index contributed by atoms with van der Waals surface area (Å²) in [6, 6.07) is 8.79. The zero-order valence-electron chi connectivity index (χ0n) is 12.8. The highest BCUT2D eigenvalue weighted by molar-refractivity contribution is 5.90. The lowest BCUT2D eigenvalue weighted by Crippen LogP contribution is -2.46. The molecule has 0 spiro atoms. The monoisotopic (exact) mass is 288 g/mol. The topological polar surface area (TPSA) is 49.4 Å². The molecule has 1 aromatic carbocycles. The van der Waals surface area contributed by atoms with E-state index in [9.17, 15) is 9.59 Å². The second-order valence-corrected chi connectivity index (χ2v) is 5.90. The Morgan fingerprint density at radius 2 is 1.67 bits per heavy atom. The SMILES string of the molecule is CC(C)C(=O)[C@H](NC(=O)N1CCCCC1)c1ccccc1. The molecule has 4 nitrogen and oxygen atoms in total. The number of ketones is 1. The maximum atomic E-state index is 12.4. The molecule has 1 fully saturated rings. The number of likely N-dealkylation sites (tertiary alicyclic amines) is 1. The quantitative estimate of drug-likeness (QED) is 0.925. The largest absolute Gasteiger partial charge is 0.325 e. The van der Waals surface area contributed by atoms with Gasteiger partial charge in [0.25, 0.3) is 0 Å². The van der Waals surface area contributed by atoms with Crippen LogP contribution in [0.25, 0.3) is 0 Å². The number of carbonyl (C=O) groups excluding carboxylic acids is 2. The predicted octanol–water partition coefficient (Wildman–Crippen LogP) is 3.15. The van der Waals surface area contributed by atoms with Gasteiger partial charge in [-0.2, -0.15) is 0 Å². The maximum Gasteiger partial charge on any atom is 0.318 e. The molecule has 1 aromatic rings. The number of nitrogens with one attached hydrogen (secondary N) is 1. The van der Waals surface area contributed by atoms with Gasteiger partial charge in [-0.25, -0.2) is 4.79 Å². The van der Waals surface area contributed by atoms with Crippen LogP contribution in [-0.4, -0.2) is 29.8 Å². The fourth-order valence-corrected chi connectivity index (χ4v) is 2.61. The van der Waals surface area contributed by atoms with Gasteiger partial charge in [0, 0.05) is 19.0 Å². The highest BCUT2D eigenvalue weighted by Gasteiger charge is 2.27. The molecule has 114 valence electrons. The number of hydrogen-bond acceptors (Lipinski definition) is 2. The molecule has 0 bridgehead atoms. The van der Waals surface area contributed by atoms with Crippen LogP contribution in [0.4, 0.5) is 4.79 Å². The van der Waals surface area contributed by atoms with Gasteiger partial charge < -0.3 is 10.2 Å². The highest BCUT2D eigenvalue weighted by Crippen LogP contribution is 2.19.